The van der Waals surface area contributed by atoms with Gasteiger partial charge in [-0.25, -0.2) is 4.98 Å². The number of likely N-dealkylation sites (tertiary alicyclic amines) is 1. The van der Waals surface area contributed by atoms with Gasteiger partial charge in [-0.15, -0.1) is 0 Å². The first kappa shape index (κ1) is 13.5. The van der Waals surface area contributed by atoms with Crippen LogP contribution >= 0.6 is 0 Å². The number of fused-ring (bicyclic) bond motifs is 1. The smallest absolute Gasteiger partial charge is 0.229 e. The largest absolute Gasteiger partial charge is 0.346 e. The van der Waals surface area contributed by atoms with Crippen LogP contribution in [0.1, 0.15) is 12.8 Å². The van der Waals surface area contributed by atoms with Crippen LogP contribution in [-0.2, 0) is 9.59 Å². The summed E-state index contributed by atoms with van der Waals surface area (Å²) < 4.78 is 0. The number of hydrogen-bond donors (Lipinski definition) is 1. The molecule has 2 heterocycles. The molecule has 0 aliphatic carbocycles. The molecule has 0 bridgehead atoms. The van der Waals surface area contributed by atoms with Crippen LogP contribution in [0.25, 0.3) is 10.9 Å². The lowest BCUT2D eigenvalue weighted by Gasteiger charge is -2.27. The molecule has 1 N–H and O–H groups in total. The molecule has 3 rings (SSSR count). The number of amides is 2. The Hall–Kier alpha value is -2.43. The lowest BCUT2D eigenvalue weighted by molar-refractivity contribution is -0.137. The minimum Gasteiger partial charge on any atom is -0.346 e. The number of piperidine rings is 1. The van der Waals surface area contributed by atoms with Gasteiger partial charge in [-0.2, -0.15) is 0 Å². The van der Waals surface area contributed by atoms with E-state index in [0.29, 0.717) is 18.8 Å². The molecular formula is C16H17N3O2. The molecule has 0 saturated carbocycles. The molecule has 2 amide bonds. The molecule has 1 saturated heterocycles. The van der Waals surface area contributed by atoms with Gasteiger partial charge in [0.25, 0.3) is 0 Å². The zero-order chi connectivity index (χ0) is 14.8. The number of carbonyl (C=O) groups excluding carboxylic acids is 2. The predicted octanol–water partition coefficient (Wildman–Crippen LogP) is 2.04. The van der Waals surface area contributed by atoms with Crippen molar-refractivity contribution in [2.45, 2.75) is 12.8 Å². The summed E-state index contributed by atoms with van der Waals surface area (Å²) in [5.41, 5.74) is 0.842. The van der Waals surface area contributed by atoms with Gasteiger partial charge >= 0.3 is 0 Å². The summed E-state index contributed by atoms with van der Waals surface area (Å²) in [6.07, 6.45) is 0.970. The molecule has 1 aromatic carbocycles. The Balaban J connectivity index is 1.72. The lowest BCUT2D eigenvalue weighted by Crippen LogP contribution is -2.39. The summed E-state index contributed by atoms with van der Waals surface area (Å²) in [5.74, 6) is 0.166. The van der Waals surface area contributed by atoms with Crippen molar-refractivity contribution in [3.63, 3.8) is 0 Å². The summed E-state index contributed by atoms with van der Waals surface area (Å²) in [4.78, 5) is 30.0. The van der Waals surface area contributed by atoms with Gasteiger partial charge in [0, 0.05) is 31.3 Å². The Bertz CT molecular complexity index is 699. The van der Waals surface area contributed by atoms with Gasteiger partial charge in [0.15, 0.2) is 0 Å². The van der Waals surface area contributed by atoms with Crippen molar-refractivity contribution in [2.75, 3.05) is 18.9 Å². The van der Waals surface area contributed by atoms with Gasteiger partial charge in [-0.05, 0) is 24.6 Å². The first-order valence-corrected chi connectivity index (χ1v) is 7.04. The maximum absolute atomic E-state index is 12.2. The highest BCUT2D eigenvalue weighted by atomic mass is 16.2. The van der Waals surface area contributed by atoms with Crippen LogP contribution in [0.3, 0.4) is 0 Å². The maximum Gasteiger partial charge on any atom is 0.229 e. The van der Waals surface area contributed by atoms with Crippen LogP contribution in [-0.4, -0.2) is 35.3 Å². The Morgan fingerprint density at radius 2 is 2.10 bits per heavy atom. The highest BCUT2D eigenvalue weighted by Gasteiger charge is 2.28. The third-order valence-electron chi connectivity index (χ3n) is 3.88. The maximum atomic E-state index is 12.2. The van der Waals surface area contributed by atoms with Gasteiger partial charge in [0.2, 0.25) is 11.8 Å². The number of pyridine rings is 1. The van der Waals surface area contributed by atoms with E-state index in [1.54, 1.807) is 18.0 Å². The van der Waals surface area contributed by atoms with E-state index >= 15 is 0 Å². The number of aromatic nitrogens is 1. The van der Waals surface area contributed by atoms with E-state index in [4.69, 9.17) is 0 Å². The SMILES string of the molecule is CN1CCC(C(=O)Nc2ccc3ccccc3n2)CC1=O. The summed E-state index contributed by atoms with van der Waals surface area (Å²) in [5, 5.41) is 3.85. The van der Waals surface area contributed by atoms with Gasteiger partial charge in [0.1, 0.15) is 5.82 Å². The van der Waals surface area contributed by atoms with Crippen molar-refractivity contribution >= 4 is 28.5 Å². The molecule has 5 heteroatoms. The van der Waals surface area contributed by atoms with Gasteiger partial charge in [-0.3, -0.25) is 9.59 Å². The summed E-state index contributed by atoms with van der Waals surface area (Å²) in [6, 6.07) is 11.5. The van der Waals surface area contributed by atoms with Crippen molar-refractivity contribution < 1.29 is 9.59 Å². The highest BCUT2D eigenvalue weighted by Crippen LogP contribution is 2.20. The lowest BCUT2D eigenvalue weighted by atomic mass is 9.95. The third-order valence-corrected chi connectivity index (χ3v) is 3.88. The van der Waals surface area contributed by atoms with E-state index in [0.717, 1.165) is 10.9 Å². The molecule has 21 heavy (non-hydrogen) atoms. The molecule has 1 fully saturated rings. The van der Waals surface area contributed by atoms with Crippen LogP contribution in [0.4, 0.5) is 5.82 Å². The molecule has 1 aromatic heterocycles. The van der Waals surface area contributed by atoms with Crippen LogP contribution in [0.15, 0.2) is 36.4 Å². The normalized spacial score (nSPS) is 18.8. The standard InChI is InChI=1S/C16H17N3O2/c1-19-9-8-12(10-15(19)20)16(21)18-14-7-6-11-4-2-3-5-13(11)17-14/h2-7,12H,8-10H2,1H3,(H,17,18,21). The highest BCUT2D eigenvalue weighted by molar-refractivity contribution is 5.96. The number of hydrogen-bond acceptors (Lipinski definition) is 3. The Morgan fingerprint density at radius 3 is 2.90 bits per heavy atom. The zero-order valence-electron chi connectivity index (χ0n) is 11.9. The molecule has 0 radical (unpaired) electrons. The molecular weight excluding hydrogens is 266 g/mol. The molecule has 0 spiro atoms. The summed E-state index contributed by atoms with van der Waals surface area (Å²) >= 11 is 0. The van der Waals surface area contributed by atoms with E-state index in [2.05, 4.69) is 10.3 Å². The zero-order valence-corrected chi connectivity index (χ0v) is 11.9. The molecule has 1 aliphatic rings. The topological polar surface area (TPSA) is 62.3 Å². The van der Waals surface area contributed by atoms with Crippen molar-refractivity contribution in [1.82, 2.24) is 9.88 Å². The quantitative estimate of drug-likeness (QED) is 0.917. The third kappa shape index (κ3) is 2.86. The first-order valence-electron chi connectivity index (χ1n) is 7.04. The number of para-hydroxylation sites is 1. The van der Waals surface area contributed by atoms with Gasteiger partial charge in [0.05, 0.1) is 5.52 Å². The van der Waals surface area contributed by atoms with E-state index in [1.807, 2.05) is 30.3 Å². The molecule has 108 valence electrons. The average molecular weight is 283 g/mol. The fraction of sp³-hybridized carbons (Fsp3) is 0.312. The van der Waals surface area contributed by atoms with Crippen molar-refractivity contribution in [2.24, 2.45) is 5.92 Å². The number of nitrogens with one attached hydrogen (secondary N) is 1. The minimum atomic E-state index is -0.262. The molecule has 5 nitrogen and oxygen atoms in total. The van der Waals surface area contributed by atoms with Gasteiger partial charge in [-0.1, -0.05) is 18.2 Å². The van der Waals surface area contributed by atoms with Gasteiger partial charge < -0.3 is 10.2 Å². The Kier molecular flexibility index (Phi) is 3.56. The van der Waals surface area contributed by atoms with Crippen LogP contribution < -0.4 is 5.32 Å². The Morgan fingerprint density at radius 1 is 1.29 bits per heavy atom. The number of carbonyl (C=O) groups is 2. The Labute approximate surface area is 123 Å². The fourth-order valence-electron chi connectivity index (χ4n) is 2.53. The average Bonchev–Trinajstić information content (AvgIpc) is 2.50. The molecule has 1 unspecified atom stereocenters. The second-order valence-electron chi connectivity index (χ2n) is 5.38. The van der Waals surface area contributed by atoms with Crippen molar-refractivity contribution in [1.29, 1.82) is 0 Å². The van der Waals surface area contributed by atoms with Crippen LogP contribution in [0.2, 0.25) is 0 Å². The van der Waals surface area contributed by atoms with Crippen molar-refractivity contribution in [3.8, 4) is 0 Å². The fourth-order valence-corrected chi connectivity index (χ4v) is 2.53. The molecule has 1 aliphatic heterocycles. The summed E-state index contributed by atoms with van der Waals surface area (Å²) in [6.45, 7) is 0.627. The van der Waals surface area contributed by atoms with Crippen molar-refractivity contribution in [3.05, 3.63) is 36.4 Å². The monoisotopic (exact) mass is 283 g/mol. The van der Waals surface area contributed by atoms with E-state index < -0.39 is 0 Å². The number of anilines is 1. The number of nitrogens with zero attached hydrogens (tertiary/aromatic N) is 2. The molecule has 1 atom stereocenters. The predicted molar refractivity (Wildman–Crippen MR) is 80.7 cm³/mol. The summed E-state index contributed by atoms with van der Waals surface area (Å²) in [7, 11) is 1.77. The van der Waals surface area contributed by atoms with E-state index in [1.165, 1.54) is 0 Å². The minimum absolute atomic E-state index is 0.0212. The molecule has 2 aromatic rings. The second-order valence-corrected chi connectivity index (χ2v) is 5.38. The number of benzene rings is 1. The van der Waals surface area contributed by atoms with E-state index in [9.17, 15) is 9.59 Å². The second kappa shape index (κ2) is 5.52. The number of rotatable bonds is 2. The van der Waals surface area contributed by atoms with E-state index in [-0.39, 0.29) is 24.2 Å². The van der Waals surface area contributed by atoms with Crippen LogP contribution in [0.5, 0.6) is 0 Å². The first-order chi connectivity index (χ1) is 10.1. The van der Waals surface area contributed by atoms with Crippen LogP contribution in [0, 0.1) is 5.92 Å².